The van der Waals surface area contributed by atoms with Crippen LogP contribution in [0.15, 0.2) is 24.3 Å². The maximum absolute atomic E-state index is 6.22. The molecule has 0 aromatic heterocycles. The van der Waals surface area contributed by atoms with Gasteiger partial charge in [-0.1, -0.05) is 32.0 Å². The maximum Gasteiger partial charge on any atom is 0.0755 e. The van der Waals surface area contributed by atoms with Crippen molar-refractivity contribution in [2.45, 2.75) is 45.3 Å². The molecule has 0 saturated carbocycles. The van der Waals surface area contributed by atoms with E-state index < -0.39 is 0 Å². The van der Waals surface area contributed by atoms with E-state index in [4.69, 9.17) is 4.74 Å². The number of nitrogens with zero attached hydrogens (tertiary/aromatic N) is 1. The van der Waals surface area contributed by atoms with E-state index in [1.54, 1.807) is 0 Å². The summed E-state index contributed by atoms with van der Waals surface area (Å²) in [7, 11) is 0. The van der Waals surface area contributed by atoms with Crippen LogP contribution in [-0.4, -0.2) is 38.4 Å². The van der Waals surface area contributed by atoms with Gasteiger partial charge in [0.2, 0.25) is 0 Å². The molecule has 0 radical (unpaired) electrons. The summed E-state index contributed by atoms with van der Waals surface area (Å²) in [5.74, 6) is 0.711. The molecule has 3 rings (SSSR count). The fraction of sp³-hybridized carbons (Fsp3) is 0.667. The van der Waals surface area contributed by atoms with Crippen molar-refractivity contribution in [3.63, 3.8) is 0 Å². The van der Waals surface area contributed by atoms with Crippen LogP contribution in [0.5, 0.6) is 0 Å². The fourth-order valence-corrected chi connectivity index (χ4v) is 3.44. The average molecular weight is 288 g/mol. The van der Waals surface area contributed by atoms with Crippen molar-refractivity contribution < 1.29 is 4.74 Å². The number of para-hydroxylation sites is 1. The highest BCUT2D eigenvalue weighted by Gasteiger charge is 2.28. The first-order chi connectivity index (χ1) is 10.2. The van der Waals surface area contributed by atoms with Crippen LogP contribution in [0.2, 0.25) is 0 Å². The highest BCUT2D eigenvalue weighted by Crippen LogP contribution is 2.29. The Morgan fingerprint density at radius 2 is 2.05 bits per heavy atom. The van der Waals surface area contributed by atoms with E-state index >= 15 is 0 Å². The van der Waals surface area contributed by atoms with Gasteiger partial charge in [0.25, 0.3) is 0 Å². The van der Waals surface area contributed by atoms with E-state index in [0.717, 1.165) is 26.2 Å². The van der Waals surface area contributed by atoms with Gasteiger partial charge in [0.15, 0.2) is 0 Å². The number of nitrogens with one attached hydrogen (secondary N) is 1. The second kappa shape index (κ2) is 6.80. The Labute approximate surface area is 128 Å². The lowest BCUT2D eigenvalue weighted by Crippen LogP contribution is -2.33. The average Bonchev–Trinajstić information content (AvgIpc) is 3.07. The van der Waals surface area contributed by atoms with Crippen LogP contribution in [0.3, 0.4) is 0 Å². The summed E-state index contributed by atoms with van der Waals surface area (Å²) in [6, 6.07) is 8.79. The van der Waals surface area contributed by atoms with E-state index in [1.165, 1.54) is 30.5 Å². The Balaban J connectivity index is 1.45. The molecule has 3 heteroatoms. The number of fused-ring (bicyclic) bond motifs is 1. The van der Waals surface area contributed by atoms with Crippen molar-refractivity contribution in [2.24, 2.45) is 5.92 Å². The predicted octanol–water partition coefficient (Wildman–Crippen LogP) is 2.84. The van der Waals surface area contributed by atoms with E-state index in [9.17, 15) is 0 Å². The van der Waals surface area contributed by atoms with Crippen LogP contribution in [-0.2, 0) is 11.2 Å². The van der Waals surface area contributed by atoms with Crippen LogP contribution in [0.4, 0.5) is 5.69 Å². The Hall–Kier alpha value is -1.06. The molecule has 1 saturated heterocycles. The summed E-state index contributed by atoms with van der Waals surface area (Å²) in [5.41, 5.74) is 2.91. The monoisotopic (exact) mass is 288 g/mol. The SMILES string of the molecule is CC(C)CNCC1CCC(CN2CCc3ccccc32)O1. The first-order valence-electron chi connectivity index (χ1n) is 8.41. The minimum Gasteiger partial charge on any atom is -0.372 e. The van der Waals surface area contributed by atoms with Gasteiger partial charge in [0.1, 0.15) is 0 Å². The molecule has 2 aliphatic heterocycles. The van der Waals surface area contributed by atoms with Gasteiger partial charge in [-0.05, 0) is 43.4 Å². The quantitative estimate of drug-likeness (QED) is 0.871. The molecule has 1 N–H and O–H groups in total. The molecule has 1 fully saturated rings. The summed E-state index contributed by atoms with van der Waals surface area (Å²) in [6.45, 7) is 8.79. The number of ether oxygens (including phenoxy) is 1. The molecule has 0 bridgehead atoms. The molecule has 116 valence electrons. The molecule has 0 amide bonds. The summed E-state index contributed by atoms with van der Waals surface area (Å²) >= 11 is 0. The summed E-state index contributed by atoms with van der Waals surface area (Å²) in [4.78, 5) is 2.50. The second-order valence-electron chi connectivity index (χ2n) is 6.83. The highest BCUT2D eigenvalue weighted by atomic mass is 16.5. The van der Waals surface area contributed by atoms with Crippen molar-refractivity contribution in [3.05, 3.63) is 29.8 Å². The molecular formula is C18H28N2O. The second-order valence-corrected chi connectivity index (χ2v) is 6.83. The normalized spacial score (nSPS) is 24.8. The zero-order valence-electron chi connectivity index (χ0n) is 13.3. The zero-order chi connectivity index (χ0) is 14.7. The van der Waals surface area contributed by atoms with Crippen LogP contribution in [0, 0.1) is 5.92 Å². The molecule has 2 heterocycles. The molecule has 2 unspecified atom stereocenters. The van der Waals surface area contributed by atoms with Crippen LogP contribution in [0.1, 0.15) is 32.3 Å². The number of anilines is 1. The van der Waals surface area contributed by atoms with Crippen LogP contribution >= 0.6 is 0 Å². The number of benzene rings is 1. The molecule has 0 aliphatic carbocycles. The number of hydrogen-bond acceptors (Lipinski definition) is 3. The molecule has 21 heavy (non-hydrogen) atoms. The Bertz CT molecular complexity index is 460. The van der Waals surface area contributed by atoms with E-state index in [2.05, 4.69) is 48.3 Å². The van der Waals surface area contributed by atoms with Gasteiger partial charge in [0.05, 0.1) is 12.2 Å². The van der Waals surface area contributed by atoms with Gasteiger partial charge < -0.3 is 15.0 Å². The van der Waals surface area contributed by atoms with Crippen molar-refractivity contribution >= 4 is 5.69 Å². The Kier molecular flexibility index (Phi) is 4.81. The van der Waals surface area contributed by atoms with Gasteiger partial charge >= 0.3 is 0 Å². The minimum absolute atomic E-state index is 0.405. The molecular weight excluding hydrogens is 260 g/mol. The van der Waals surface area contributed by atoms with Gasteiger partial charge in [-0.2, -0.15) is 0 Å². The predicted molar refractivity (Wildman–Crippen MR) is 88.0 cm³/mol. The largest absolute Gasteiger partial charge is 0.372 e. The fourth-order valence-electron chi connectivity index (χ4n) is 3.44. The number of hydrogen-bond donors (Lipinski definition) is 1. The lowest BCUT2D eigenvalue weighted by Gasteiger charge is -2.23. The smallest absolute Gasteiger partial charge is 0.0755 e. The lowest BCUT2D eigenvalue weighted by molar-refractivity contribution is 0.0493. The van der Waals surface area contributed by atoms with Gasteiger partial charge in [-0.15, -0.1) is 0 Å². The molecule has 2 atom stereocenters. The third kappa shape index (κ3) is 3.78. The Morgan fingerprint density at radius 3 is 2.90 bits per heavy atom. The zero-order valence-corrected chi connectivity index (χ0v) is 13.3. The van der Waals surface area contributed by atoms with E-state index in [1.807, 2.05) is 0 Å². The van der Waals surface area contributed by atoms with Gasteiger partial charge in [-0.25, -0.2) is 0 Å². The molecule has 1 aromatic carbocycles. The van der Waals surface area contributed by atoms with E-state index in [0.29, 0.717) is 18.1 Å². The standard InChI is InChI=1S/C18H28N2O/c1-14(2)11-19-12-16-7-8-17(21-16)13-20-10-9-15-5-3-4-6-18(15)20/h3-6,14,16-17,19H,7-13H2,1-2H3. The first-order valence-corrected chi connectivity index (χ1v) is 8.41. The maximum atomic E-state index is 6.22. The van der Waals surface area contributed by atoms with Crippen molar-refractivity contribution in [3.8, 4) is 0 Å². The summed E-state index contributed by atoms with van der Waals surface area (Å²) in [5, 5.41) is 3.52. The minimum atomic E-state index is 0.405. The van der Waals surface area contributed by atoms with Crippen molar-refractivity contribution in [1.82, 2.24) is 5.32 Å². The van der Waals surface area contributed by atoms with Crippen LogP contribution < -0.4 is 10.2 Å². The third-order valence-electron chi connectivity index (χ3n) is 4.53. The Morgan fingerprint density at radius 1 is 1.24 bits per heavy atom. The molecule has 0 spiro atoms. The molecule has 2 aliphatic rings. The highest BCUT2D eigenvalue weighted by molar-refractivity contribution is 5.57. The van der Waals surface area contributed by atoms with E-state index in [-0.39, 0.29) is 0 Å². The topological polar surface area (TPSA) is 24.5 Å². The van der Waals surface area contributed by atoms with Gasteiger partial charge in [-0.3, -0.25) is 0 Å². The van der Waals surface area contributed by atoms with Crippen molar-refractivity contribution in [2.75, 3.05) is 31.1 Å². The molecule has 3 nitrogen and oxygen atoms in total. The first kappa shape index (κ1) is 14.9. The van der Waals surface area contributed by atoms with Gasteiger partial charge in [0, 0.05) is 25.3 Å². The van der Waals surface area contributed by atoms with Crippen molar-refractivity contribution in [1.29, 1.82) is 0 Å². The molecule has 1 aromatic rings. The number of rotatable bonds is 6. The lowest BCUT2D eigenvalue weighted by atomic mass is 10.1. The summed E-state index contributed by atoms with van der Waals surface area (Å²) in [6.07, 6.45) is 4.40. The summed E-state index contributed by atoms with van der Waals surface area (Å²) < 4.78 is 6.22. The van der Waals surface area contributed by atoms with Crippen LogP contribution in [0.25, 0.3) is 0 Å². The third-order valence-corrected chi connectivity index (χ3v) is 4.53.